The van der Waals surface area contributed by atoms with Crippen LogP contribution in [-0.4, -0.2) is 33.8 Å². The predicted molar refractivity (Wildman–Crippen MR) is 88.9 cm³/mol. The Kier molecular flexibility index (Phi) is 6.70. The fraction of sp³-hybridized carbons (Fsp3) is 0.400. The molecule has 0 radical (unpaired) electrons. The highest BCUT2D eigenvalue weighted by molar-refractivity contribution is 6.29. The van der Waals surface area contributed by atoms with E-state index in [2.05, 4.69) is 25.7 Å². The van der Waals surface area contributed by atoms with Gasteiger partial charge in [-0.15, -0.1) is 0 Å². The molecular formula is C15H21ClN6. The van der Waals surface area contributed by atoms with E-state index in [0.717, 1.165) is 37.6 Å². The van der Waals surface area contributed by atoms with Crippen molar-refractivity contribution in [2.24, 2.45) is 4.99 Å². The molecule has 7 heteroatoms. The van der Waals surface area contributed by atoms with Gasteiger partial charge < -0.3 is 10.6 Å². The molecule has 118 valence electrons. The Balaban J connectivity index is 1.77. The molecule has 0 unspecified atom stereocenters. The van der Waals surface area contributed by atoms with Crippen molar-refractivity contribution < 1.29 is 0 Å². The number of nitrogens with zero attached hydrogens (tertiary/aromatic N) is 4. The second kappa shape index (κ2) is 9.04. The molecule has 0 fully saturated rings. The highest BCUT2D eigenvalue weighted by Crippen LogP contribution is 2.05. The van der Waals surface area contributed by atoms with Crippen LogP contribution in [0.3, 0.4) is 0 Å². The number of guanidine groups is 1. The molecule has 0 saturated carbocycles. The lowest BCUT2D eigenvalue weighted by Crippen LogP contribution is -2.38. The van der Waals surface area contributed by atoms with Gasteiger partial charge in [0.25, 0.3) is 0 Å². The maximum atomic E-state index is 5.77. The van der Waals surface area contributed by atoms with E-state index in [1.165, 1.54) is 0 Å². The normalized spacial score (nSPS) is 11.5. The van der Waals surface area contributed by atoms with Gasteiger partial charge in [-0.3, -0.25) is 4.68 Å². The first-order chi connectivity index (χ1) is 10.8. The summed E-state index contributed by atoms with van der Waals surface area (Å²) >= 11 is 5.77. The number of halogens is 1. The SMILES string of the molecule is CCNC(=NCc1ccc(Cl)nc1)NCCCn1cccn1. The van der Waals surface area contributed by atoms with Crippen molar-refractivity contribution in [3.05, 3.63) is 47.5 Å². The van der Waals surface area contributed by atoms with Crippen molar-refractivity contribution in [2.45, 2.75) is 26.4 Å². The molecule has 2 rings (SSSR count). The number of pyridine rings is 1. The molecule has 0 atom stereocenters. The van der Waals surface area contributed by atoms with Crippen LogP contribution in [0, 0.1) is 0 Å². The minimum absolute atomic E-state index is 0.497. The third-order valence-electron chi connectivity index (χ3n) is 2.97. The molecule has 0 aliphatic carbocycles. The number of hydrogen-bond acceptors (Lipinski definition) is 3. The molecule has 2 heterocycles. The van der Waals surface area contributed by atoms with Crippen molar-refractivity contribution >= 4 is 17.6 Å². The van der Waals surface area contributed by atoms with Gasteiger partial charge in [0.15, 0.2) is 5.96 Å². The standard InChI is InChI=1S/C15H21ClN6/c1-2-17-15(18-7-3-9-22-10-4-8-21-22)20-12-13-5-6-14(16)19-11-13/h4-6,8,10-11H,2-3,7,9,12H2,1H3,(H2,17,18,20). The summed E-state index contributed by atoms with van der Waals surface area (Å²) in [6.45, 7) is 5.17. The van der Waals surface area contributed by atoms with Gasteiger partial charge in [-0.1, -0.05) is 17.7 Å². The summed E-state index contributed by atoms with van der Waals surface area (Å²) in [5, 5.41) is 11.2. The summed E-state index contributed by atoms with van der Waals surface area (Å²) < 4.78 is 1.92. The summed E-state index contributed by atoms with van der Waals surface area (Å²) in [5.41, 5.74) is 1.03. The third-order valence-corrected chi connectivity index (χ3v) is 3.19. The Morgan fingerprint density at radius 3 is 2.95 bits per heavy atom. The van der Waals surface area contributed by atoms with Crippen LogP contribution in [0.5, 0.6) is 0 Å². The lowest BCUT2D eigenvalue weighted by Gasteiger charge is -2.11. The highest BCUT2D eigenvalue weighted by Gasteiger charge is 1.98. The number of aryl methyl sites for hydroxylation is 1. The summed E-state index contributed by atoms with van der Waals surface area (Å²) in [5.74, 6) is 0.804. The summed E-state index contributed by atoms with van der Waals surface area (Å²) in [4.78, 5) is 8.59. The first-order valence-corrected chi connectivity index (χ1v) is 7.76. The van der Waals surface area contributed by atoms with Crippen molar-refractivity contribution in [1.82, 2.24) is 25.4 Å². The maximum absolute atomic E-state index is 5.77. The summed E-state index contributed by atoms with van der Waals surface area (Å²) in [7, 11) is 0. The van der Waals surface area contributed by atoms with Gasteiger partial charge in [-0.2, -0.15) is 5.10 Å². The highest BCUT2D eigenvalue weighted by atomic mass is 35.5. The van der Waals surface area contributed by atoms with Crippen molar-refractivity contribution in [1.29, 1.82) is 0 Å². The Hall–Kier alpha value is -2.08. The van der Waals surface area contributed by atoms with E-state index in [1.54, 1.807) is 18.5 Å². The van der Waals surface area contributed by atoms with Crippen LogP contribution >= 0.6 is 11.6 Å². The average molecular weight is 321 g/mol. The zero-order valence-corrected chi connectivity index (χ0v) is 13.4. The van der Waals surface area contributed by atoms with Crippen LogP contribution in [0.25, 0.3) is 0 Å². The average Bonchev–Trinajstić information content (AvgIpc) is 3.04. The largest absolute Gasteiger partial charge is 0.357 e. The molecule has 6 nitrogen and oxygen atoms in total. The summed E-state index contributed by atoms with van der Waals surface area (Å²) in [6, 6.07) is 5.63. The molecule has 2 N–H and O–H groups in total. The van der Waals surface area contributed by atoms with Crippen LogP contribution in [-0.2, 0) is 13.1 Å². The van der Waals surface area contributed by atoms with E-state index >= 15 is 0 Å². The number of rotatable bonds is 7. The van der Waals surface area contributed by atoms with E-state index in [9.17, 15) is 0 Å². The molecule has 2 aromatic rings. The van der Waals surface area contributed by atoms with Crippen molar-refractivity contribution in [3.63, 3.8) is 0 Å². The quantitative estimate of drug-likeness (QED) is 0.355. The second-order valence-electron chi connectivity index (χ2n) is 4.73. The molecule has 0 saturated heterocycles. The first kappa shape index (κ1) is 16.3. The minimum atomic E-state index is 0.497. The maximum Gasteiger partial charge on any atom is 0.191 e. The topological polar surface area (TPSA) is 67.1 Å². The van der Waals surface area contributed by atoms with E-state index in [1.807, 2.05) is 29.9 Å². The van der Waals surface area contributed by atoms with E-state index in [4.69, 9.17) is 11.6 Å². The van der Waals surface area contributed by atoms with Crippen LogP contribution in [0.4, 0.5) is 0 Å². The molecule has 0 bridgehead atoms. The Labute approximate surface area is 135 Å². The fourth-order valence-electron chi connectivity index (χ4n) is 1.89. The number of nitrogens with one attached hydrogen (secondary N) is 2. The lowest BCUT2D eigenvalue weighted by atomic mass is 10.3. The molecule has 0 aliphatic heterocycles. The van der Waals surface area contributed by atoms with Crippen LogP contribution in [0.1, 0.15) is 18.9 Å². The van der Waals surface area contributed by atoms with Gasteiger partial charge in [-0.25, -0.2) is 9.98 Å². The monoisotopic (exact) mass is 320 g/mol. The molecule has 0 amide bonds. The lowest BCUT2D eigenvalue weighted by molar-refractivity contribution is 0.570. The van der Waals surface area contributed by atoms with Gasteiger partial charge in [0.05, 0.1) is 6.54 Å². The zero-order valence-electron chi connectivity index (χ0n) is 12.7. The second-order valence-corrected chi connectivity index (χ2v) is 5.12. The molecule has 22 heavy (non-hydrogen) atoms. The molecule has 2 aromatic heterocycles. The van der Waals surface area contributed by atoms with Crippen LogP contribution in [0.2, 0.25) is 5.15 Å². The van der Waals surface area contributed by atoms with Gasteiger partial charge in [0.2, 0.25) is 0 Å². The number of aliphatic imine (C=N–C) groups is 1. The van der Waals surface area contributed by atoms with Gasteiger partial charge in [0.1, 0.15) is 5.15 Å². The van der Waals surface area contributed by atoms with Gasteiger partial charge >= 0.3 is 0 Å². The van der Waals surface area contributed by atoms with Gasteiger partial charge in [0, 0.05) is 38.2 Å². The van der Waals surface area contributed by atoms with Crippen LogP contribution in [0.15, 0.2) is 41.8 Å². The Morgan fingerprint density at radius 1 is 1.36 bits per heavy atom. The van der Waals surface area contributed by atoms with Crippen molar-refractivity contribution in [3.8, 4) is 0 Å². The van der Waals surface area contributed by atoms with Crippen molar-refractivity contribution in [2.75, 3.05) is 13.1 Å². The van der Waals surface area contributed by atoms with Gasteiger partial charge in [-0.05, 0) is 31.0 Å². The molecular weight excluding hydrogens is 300 g/mol. The molecule has 0 spiro atoms. The first-order valence-electron chi connectivity index (χ1n) is 7.38. The number of aromatic nitrogens is 3. The third kappa shape index (κ3) is 5.73. The molecule has 0 aromatic carbocycles. The molecule has 0 aliphatic rings. The predicted octanol–water partition coefficient (Wildman–Crippen LogP) is 2.08. The minimum Gasteiger partial charge on any atom is -0.357 e. The zero-order chi connectivity index (χ0) is 15.6. The van der Waals surface area contributed by atoms with E-state index in [0.29, 0.717) is 11.7 Å². The smallest absolute Gasteiger partial charge is 0.191 e. The van der Waals surface area contributed by atoms with E-state index in [-0.39, 0.29) is 0 Å². The fourth-order valence-corrected chi connectivity index (χ4v) is 2.00. The summed E-state index contributed by atoms with van der Waals surface area (Å²) in [6.07, 6.45) is 6.48. The Morgan fingerprint density at radius 2 is 2.27 bits per heavy atom. The number of hydrogen-bond donors (Lipinski definition) is 2. The Bertz CT molecular complexity index is 564. The van der Waals surface area contributed by atoms with Crippen LogP contribution < -0.4 is 10.6 Å². The van der Waals surface area contributed by atoms with E-state index < -0.39 is 0 Å².